The molecular weight excluding hydrogens is 330 g/mol. The van der Waals surface area contributed by atoms with Gasteiger partial charge in [-0.05, 0) is 64.4 Å². The Hall–Kier alpha value is -1.24. The molecule has 6 heteroatoms. The van der Waals surface area contributed by atoms with Gasteiger partial charge in [-0.3, -0.25) is 9.80 Å². The number of hydrogen-bond acceptors (Lipinski definition) is 5. The molecule has 1 atom stereocenters. The Morgan fingerprint density at radius 2 is 1.84 bits per heavy atom. The fourth-order valence-electron chi connectivity index (χ4n) is 4.21. The average molecular weight is 360 g/mol. The standard InChI is InChI=1S/C19H29N5S/c1-15-7-8-17(25-15)13-24-11-5-6-16(12-24)19-21-20-18(22(19)2)14-23-9-3-4-10-23/h7-8,16H,3-6,9-14H2,1-2H3/t16-/m1/s1. The first-order chi connectivity index (χ1) is 12.2. The molecule has 0 unspecified atom stereocenters. The molecule has 2 fully saturated rings. The molecule has 4 rings (SSSR count). The lowest BCUT2D eigenvalue weighted by Gasteiger charge is -2.31. The van der Waals surface area contributed by atoms with Crippen LogP contribution in [0.15, 0.2) is 12.1 Å². The maximum atomic E-state index is 4.59. The Balaban J connectivity index is 1.41. The van der Waals surface area contributed by atoms with Crippen molar-refractivity contribution in [3.8, 4) is 0 Å². The van der Waals surface area contributed by atoms with Gasteiger partial charge in [-0.1, -0.05) is 0 Å². The molecule has 2 aliphatic rings. The molecule has 136 valence electrons. The second-order valence-electron chi connectivity index (χ2n) is 7.60. The average Bonchev–Trinajstić information content (AvgIpc) is 3.33. The van der Waals surface area contributed by atoms with E-state index in [0.29, 0.717) is 5.92 Å². The highest BCUT2D eigenvalue weighted by atomic mass is 32.1. The Labute approximate surface area is 154 Å². The summed E-state index contributed by atoms with van der Waals surface area (Å²) in [5.41, 5.74) is 0. The first-order valence-electron chi connectivity index (χ1n) is 9.57. The number of likely N-dealkylation sites (tertiary alicyclic amines) is 2. The smallest absolute Gasteiger partial charge is 0.146 e. The van der Waals surface area contributed by atoms with Crippen LogP contribution in [0.2, 0.25) is 0 Å². The lowest BCUT2D eigenvalue weighted by Crippen LogP contribution is -2.34. The summed E-state index contributed by atoms with van der Waals surface area (Å²) in [5.74, 6) is 2.82. The first kappa shape index (κ1) is 17.2. The van der Waals surface area contributed by atoms with Crippen molar-refractivity contribution in [1.82, 2.24) is 24.6 Å². The maximum absolute atomic E-state index is 4.59. The van der Waals surface area contributed by atoms with E-state index in [4.69, 9.17) is 0 Å². The number of thiophene rings is 1. The molecule has 5 nitrogen and oxygen atoms in total. The van der Waals surface area contributed by atoms with Gasteiger partial charge in [0.25, 0.3) is 0 Å². The van der Waals surface area contributed by atoms with Crippen molar-refractivity contribution in [2.24, 2.45) is 7.05 Å². The molecule has 0 radical (unpaired) electrons. The third-order valence-electron chi connectivity index (χ3n) is 5.61. The molecule has 4 heterocycles. The van der Waals surface area contributed by atoms with Crippen LogP contribution in [0, 0.1) is 6.92 Å². The van der Waals surface area contributed by atoms with E-state index in [1.807, 2.05) is 11.3 Å². The highest BCUT2D eigenvalue weighted by Crippen LogP contribution is 2.28. The summed E-state index contributed by atoms with van der Waals surface area (Å²) in [6, 6.07) is 4.51. The van der Waals surface area contributed by atoms with Crippen molar-refractivity contribution in [3.63, 3.8) is 0 Å². The number of aromatic nitrogens is 3. The molecule has 2 aromatic rings. The molecule has 25 heavy (non-hydrogen) atoms. The predicted octanol–water partition coefficient (Wildman–Crippen LogP) is 3.16. The Morgan fingerprint density at radius 3 is 2.60 bits per heavy atom. The second kappa shape index (κ2) is 7.56. The lowest BCUT2D eigenvalue weighted by molar-refractivity contribution is 0.196. The number of aryl methyl sites for hydroxylation is 1. The van der Waals surface area contributed by atoms with Crippen LogP contribution in [0.1, 0.15) is 53.0 Å². The fraction of sp³-hybridized carbons (Fsp3) is 0.684. The summed E-state index contributed by atoms with van der Waals surface area (Å²) in [5, 5.41) is 9.11. The highest BCUT2D eigenvalue weighted by molar-refractivity contribution is 7.11. The van der Waals surface area contributed by atoms with Crippen molar-refractivity contribution < 1.29 is 0 Å². The zero-order valence-electron chi connectivity index (χ0n) is 15.4. The van der Waals surface area contributed by atoms with Gasteiger partial charge in [0.15, 0.2) is 0 Å². The van der Waals surface area contributed by atoms with Crippen molar-refractivity contribution in [3.05, 3.63) is 33.5 Å². The van der Waals surface area contributed by atoms with Crippen LogP contribution in [0.5, 0.6) is 0 Å². The molecule has 0 aliphatic carbocycles. The quantitative estimate of drug-likeness (QED) is 0.822. The molecule has 0 aromatic carbocycles. The highest BCUT2D eigenvalue weighted by Gasteiger charge is 2.26. The van der Waals surface area contributed by atoms with E-state index in [9.17, 15) is 0 Å². The summed E-state index contributed by atoms with van der Waals surface area (Å²) < 4.78 is 2.27. The number of rotatable bonds is 5. The van der Waals surface area contributed by atoms with Gasteiger partial charge in [0.1, 0.15) is 11.6 Å². The molecule has 2 aromatic heterocycles. The van der Waals surface area contributed by atoms with Gasteiger partial charge in [0, 0.05) is 35.8 Å². The van der Waals surface area contributed by atoms with E-state index in [1.54, 1.807) is 0 Å². The van der Waals surface area contributed by atoms with Crippen molar-refractivity contribution in [1.29, 1.82) is 0 Å². The Bertz CT molecular complexity index is 700. The van der Waals surface area contributed by atoms with Crippen LogP contribution in [0.25, 0.3) is 0 Å². The Morgan fingerprint density at radius 1 is 1.04 bits per heavy atom. The van der Waals surface area contributed by atoms with Gasteiger partial charge < -0.3 is 4.57 Å². The fourth-order valence-corrected chi connectivity index (χ4v) is 5.14. The number of hydrogen-bond donors (Lipinski definition) is 0. The van der Waals surface area contributed by atoms with Gasteiger partial charge in [-0.15, -0.1) is 21.5 Å². The summed E-state index contributed by atoms with van der Waals surface area (Å²) in [4.78, 5) is 7.98. The summed E-state index contributed by atoms with van der Waals surface area (Å²) >= 11 is 1.92. The van der Waals surface area contributed by atoms with E-state index < -0.39 is 0 Å². The number of piperidine rings is 1. The van der Waals surface area contributed by atoms with Crippen LogP contribution >= 0.6 is 11.3 Å². The SMILES string of the molecule is Cc1ccc(CN2CCC[C@@H](c3nnc(CN4CCCC4)n3C)C2)s1. The van der Waals surface area contributed by atoms with E-state index in [-0.39, 0.29) is 0 Å². The van der Waals surface area contributed by atoms with Crippen molar-refractivity contribution in [2.45, 2.75) is 51.6 Å². The monoisotopic (exact) mass is 359 g/mol. The number of nitrogens with zero attached hydrogens (tertiary/aromatic N) is 5. The van der Waals surface area contributed by atoms with E-state index in [1.165, 1.54) is 60.9 Å². The molecule has 2 saturated heterocycles. The minimum absolute atomic E-state index is 0.514. The summed E-state index contributed by atoms with van der Waals surface area (Å²) in [6.07, 6.45) is 5.13. The predicted molar refractivity (Wildman–Crippen MR) is 102 cm³/mol. The van der Waals surface area contributed by atoms with Gasteiger partial charge in [0.2, 0.25) is 0 Å². The van der Waals surface area contributed by atoms with Crippen LogP contribution in [-0.4, -0.2) is 50.7 Å². The largest absolute Gasteiger partial charge is 0.317 e. The topological polar surface area (TPSA) is 37.2 Å². The first-order valence-corrected chi connectivity index (χ1v) is 10.4. The summed E-state index contributed by atoms with van der Waals surface area (Å²) in [7, 11) is 2.16. The second-order valence-corrected chi connectivity index (χ2v) is 8.98. The van der Waals surface area contributed by atoms with Gasteiger partial charge in [-0.25, -0.2) is 0 Å². The third kappa shape index (κ3) is 3.96. The molecule has 0 amide bonds. The lowest BCUT2D eigenvalue weighted by atomic mass is 9.97. The van der Waals surface area contributed by atoms with Crippen LogP contribution in [0.4, 0.5) is 0 Å². The third-order valence-corrected chi connectivity index (χ3v) is 6.59. The zero-order valence-corrected chi connectivity index (χ0v) is 16.3. The molecule has 0 spiro atoms. The minimum Gasteiger partial charge on any atom is -0.317 e. The summed E-state index contributed by atoms with van der Waals surface area (Å²) in [6.45, 7) is 8.94. The normalized spacial score (nSPS) is 22.7. The molecule has 0 bridgehead atoms. The van der Waals surface area contributed by atoms with Gasteiger partial charge in [-0.2, -0.15) is 0 Å². The van der Waals surface area contributed by atoms with Crippen LogP contribution < -0.4 is 0 Å². The molecule has 0 saturated carbocycles. The van der Waals surface area contributed by atoms with Crippen molar-refractivity contribution >= 4 is 11.3 Å². The van der Waals surface area contributed by atoms with Gasteiger partial charge in [0.05, 0.1) is 6.54 Å². The van der Waals surface area contributed by atoms with E-state index in [2.05, 4.69) is 50.7 Å². The van der Waals surface area contributed by atoms with E-state index in [0.717, 1.165) is 25.5 Å². The molecule has 0 N–H and O–H groups in total. The van der Waals surface area contributed by atoms with Crippen LogP contribution in [-0.2, 0) is 20.1 Å². The Kier molecular flexibility index (Phi) is 5.20. The van der Waals surface area contributed by atoms with Gasteiger partial charge >= 0.3 is 0 Å². The molecular formula is C19H29N5S. The minimum atomic E-state index is 0.514. The zero-order chi connectivity index (χ0) is 17.2. The van der Waals surface area contributed by atoms with Crippen molar-refractivity contribution in [2.75, 3.05) is 26.2 Å². The van der Waals surface area contributed by atoms with Crippen LogP contribution in [0.3, 0.4) is 0 Å². The maximum Gasteiger partial charge on any atom is 0.146 e. The van der Waals surface area contributed by atoms with E-state index >= 15 is 0 Å². The molecule has 2 aliphatic heterocycles.